The molecule has 3 heteroatoms. The molecule has 1 atom stereocenters. The molecule has 0 aliphatic heterocycles. The highest BCUT2D eigenvalue weighted by Gasteiger charge is 2.20. The van der Waals surface area contributed by atoms with Gasteiger partial charge in [0, 0.05) is 6.04 Å². The van der Waals surface area contributed by atoms with Crippen molar-refractivity contribution in [3.63, 3.8) is 0 Å². The van der Waals surface area contributed by atoms with Gasteiger partial charge in [-0.1, -0.05) is 6.08 Å². The Hall–Kier alpha value is -0.440. The molecule has 0 aromatic heterocycles. The first-order valence-corrected chi connectivity index (χ1v) is 6.41. The molecule has 0 saturated heterocycles. The quantitative estimate of drug-likeness (QED) is 0.780. The summed E-state index contributed by atoms with van der Waals surface area (Å²) in [6, 6.07) is 0.246. The largest absolute Gasteiger partial charge is 0.353 e. The summed E-state index contributed by atoms with van der Waals surface area (Å²) in [5, 5.41) is 2.96. The summed E-state index contributed by atoms with van der Waals surface area (Å²) < 4.78 is 0. The minimum Gasteiger partial charge on any atom is -0.353 e. The van der Waals surface area contributed by atoms with Gasteiger partial charge in [-0.05, 0) is 44.3 Å². The molecule has 0 heterocycles. The van der Waals surface area contributed by atoms with Crippen molar-refractivity contribution in [3.05, 3.63) is 11.0 Å². The lowest BCUT2D eigenvalue weighted by Crippen LogP contribution is -2.35. The Morgan fingerprint density at radius 3 is 2.93 bits per heavy atom. The van der Waals surface area contributed by atoms with Gasteiger partial charge in [0.2, 0.25) is 5.91 Å². The molecule has 14 heavy (non-hydrogen) atoms. The number of carbonyl (C=O) groups excluding carboxylic acids is 1. The van der Waals surface area contributed by atoms with E-state index in [0.29, 0.717) is 0 Å². The van der Waals surface area contributed by atoms with Crippen molar-refractivity contribution in [2.75, 3.05) is 6.26 Å². The zero-order chi connectivity index (χ0) is 10.6. The third-order valence-corrected chi connectivity index (χ3v) is 3.22. The molecule has 0 aromatic rings. The van der Waals surface area contributed by atoms with Crippen molar-refractivity contribution in [2.45, 2.75) is 39.2 Å². The van der Waals surface area contributed by atoms with Gasteiger partial charge in [-0.3, -0.25) is 4.79 Å². The van der Waals surface area contributed by atoms with Crippen LogP contribution in [0.25, 0.3) is 0 Å². The monoisotopic (exact) mass is 213 g/mol. The van der Waals surface area contributed by atoms with Crippen LogP contribution in [0.15, 0.2) is 11.0 Å². The van der Waals surface area contributed by atoms with Crippen LogP contribution in [0.2, 0.25) is 0 Å². The van der Waals surface area contributed by atoms with Crippen LogP contribution in [0.4, 0.5) is 0 Å². The number of hydrogen-bond donors (Lipinski definition) is 1. The first kappa shape index (κ1) is 11.6. The second kappa shape index (κ2) is 5.44. The Kier molecular flexibility index (Phi) is 4.52. The van der Waals surface area contributed by atoms with Crippen molar-refractivity contribution < 1.29 is 4.79 Å². The third kappa shape index (κ3) is 3.37. The molecule has 1 unspecified atom stereocenters. The van der Waals surface area contributed by atoms with Gasteiger partial charge >= 0.3 is 0 Å². The SMILES string of the molecule is CSC1=CC(C(=O)NC(C)C)CCC1. The molecule has 0 aromatic carbocycles. The Labute approximate surface area is 90.5 Å². The highest BCUT2D eigenvalue weighted by molar-refractivity contribution is 8.02. The molecule has 1 rings (SSSR count). The molecule has 0 fully saturated rings. The van der Waals surface area contributed by atoms with Crippen LogP contribution in [0.3, 0.4) is 0 Å². The lowest BCUT2D eigenvalue weighted by molar-refractivity contribution is -0.124. The maximum Gasteiger partial charge on any atom is 0.227 e. The van der Waals surface area contributed by atoms with Crippen LogP contribution in [0.1, 0.15) is 33.1 Å². The van der Waals surface area contributed by atoms with Crippen molar-refractivity contribution >= 4 is 17.7 Å². The van der Waals surface area contributed by atoms with E-state index in [9.17, 15) is 4.79 Å². The predicted molar refractivity (Wildman–Crippen MR) is 62.2 cm³/mol. The second-order valence-corrected chi connectivity index (χ2v) is 4.93. The summed E-state index contributed by atoms with van der Waals surface area (Å²) in [5.41, 5.74) is 0. The molecule has 0 bridgehead atoms. The number of thioether (sulfide) groups is 1. The van der Waals surface area contributed by atoms with Crippen LogP contribution in [-0.4, -0.2) is 18.2 Å². The maximum absolute atomic E-state index is 11.7. The van der Waals surface area contributed by atoms with Gasteiger partial charge in [0.25, 0.3) is 0 Å². The van der Waals surface area contributed by atoms with Gasteiger partial charge in [0.15, 0.2) is 0 Å². The van der Waals surface area contributed by atoms with E-state index in [-0.39, 0.29) is 17.9 Å². The average molecular weight is 213 g/mol. The zero-order valence-electron chi connectivity index (χ0n) is 9.17. The summed E-state index contributed by atoms with van der Waals surface area (Å²) in [6.07, 6.45) is 7.50. The molecule has 0 radical (unpaired) electrons. The molecule has 1 aliphatic carbocycles. The second-order valence-electron chi connectivity index (χ2n) is 4.00. The van der Waals surface area contributed by atoms with Gasteiger partial charge in [-0.2, -0.15) is 0 Å². The van der Waals surface area contributed by atoms with Crippen LogP contribution in [0.5, 0.6) is 0 Å². The third-order valence-electron chi connectivity index (χ3n) is 2.36. The fraction of sp³-hybridized carbons (Fsp3) is 0.727. The molecule has 0 saturated carbocycles. The van der Waals surface area contributed by atoms with E-state index in [1.807, 2.05) is 13.8 Å². The Morgan fingerprint density at radius 2 is 2.36 bits per heavy atom. The van der Waals surface area contributed by atoms with Gasteiger partial charge in [0.05, 0.1) is 5.92 Å². The summed E-state index contributed by atoms with van der Waals surface area (Å²) >= 11 is 1.77. The molecule has 80 valence electrons. The number of amides is 1. The van der Waals surface area contributed by atoms with Crippen LogP contribution >= 0.6 is 11.8 Å². The minimum atomic E-state index is 0.105. The zero-order valence-corrected chi connectivity index (χ0v) is 9.99. The van der Waals surface area contributed by atoms with E-state index in [1.165, 1.54) is 4.91 Å². The van der Waals surface area contributed by atoms with Crippen molar-refractivity contribution in [2.24, 2.45) is 5.92 Å². The first-order chi connectivity index (χ1) is 6.63. The van der Waals surface area contributed by atoms with E-state index >= 15 is 0 Å². The van der Waals surface area contributed by atoms with E-state index in [4.69, 9.17) is 0 Å². The highest BCUT2D eigenvalue weighted by atomic mass is 32.2. The van der Waals surface area contributed by atoms with Crippen LogP contribution in [0, 0.1) is 5.92 Å². The Balaban J connectivity index is 2.55. The number of carbonyl (C=O) groups is 1. The Morgan fingerprint density at radius 1 is 1.64 bits per heavy atom. The molecule has 1 N–H and O–H groups in total. The lowest BCUT2D eigenvalue weighted by atomic mass is 9.95. The molecule has 2 nitrogen and oxygen atoms in total. The molecule has 0 spiro atoms. The van der Waals surface area contributed by atoms with Crippen LogP contribution < -0.4 is 5.32 Å². The number of hydrogen-bond acceptors (Lipinski definition) is 2. The Bertz CT molecular complexity index is 235. The van der Waals surface area contributed by atoms with Crippen molar-refractivity contribution in [1.29, 1.82) is 0 Å². The smallest absolute Gasteiger partial charge is 0.227 e. The summed E-state index contributed by atoms with van der Waals surface area (Å²) in [4.78, 5) is 13.1. The van der Waals surface area contributed by atoms with E-state index in [0.717, 1.165) is 19.3 Å². The maximum atomic E-state index is 11.7. The molecule has 1 aliphatic rings. The van der Waals surface area contributed by atoms with Gasteiger partial charge in [-0.15, -0.1) is 11.8 Å². The predicted octanol–water partition coefficient (Wildman–Crippen LogP) is 2.56. The number of allylic oxidation sites excluding steroid dienone is 1. The van der Waals surface area contributed by atoms with Crippen LogP contribution in [-0.2, 0) is 4.79 Å². The molecular formula is C11H19NOS. The van der Waals surface area contributed by atoms with E-state index in [1.54, 1.807) is 11.8 Å². The van der Waals surface area contributed by atoms with Crippen molar-refractivity contribution in [3.8, 4) is 0 Å². The fourth-order valence-corrected chi connectivity index (χ4v) is 2.30. The average Bonchev–Trinajstić information content (AvgIpc) is 2.17. The molecule has 1 amide bonds. The minimum absolute atomic E-state index is 0.105. The van der Waals surface area contributed by atoms with Gasteiger partial charge in [0.1, 0.15) is 0 Å². The summed E-state index contributed by atoms with van der Waals surface area (Å²) in [7, 11) is 0. The summed E-state index contributed by atoms with van der Waals surface area (Å²) in [6.45, 7) is 4.00. The normalized spacial score (nSPS) is 22.0. The summed E-state index contributed by atoms with van der Waals surface area (Å²) in [5.74, 6) is 0.292. The van der Waals surface area contributed by atoms with E-state index in [2.05, 4.69) is 17.6 Å². The topological polar surface area (TPSA) is 29.1 Å². The fourth-order valence-electron chi connectivity index (χ4n) is 1.66. The lowest BCUT2D eigenvalue weighted by Gasteiger charge is -2.20. The standard InChI is InChI=1S/C11H19NOS/c1-8(2)12-11(13)9-5-4-6-10(7-9)14-3/h7-9H,4-6H2,1-3H3,(H,12,13). The van der Waals surface area contributed by atoms with Gasteiger partial charge < -0.3 is 5.32 Å². The number of nitrogens with one attached hydrogen (secondary N) is 1. The van der Waals surface area contributed by atoms with Gasteiger partial charge in [-0.25, -0.2) is 0 Å². The van der Waals surface area contributed by atoms with Crippen molar-refractivity contribution in [1.82, 2.24) is 5.32 Å². The number of rotatable bonds is 3. The van der Waals surface area contributed by atoms with E-state index < -0.39 is 0 Å². The highest BCUT2D eigenvalue weighted by Crippen LogP contribution is 2.28. The molecular weight excluding hydrogens is 194 g/mol. The first-order valence-electron chi connectivity index (χ1n) is 5.18.